The third-order valence-corrected chi connectivity index (χ3v) is 4.04. The van der Waals surface area contributed by atoms with Crippen LogP contribution in [0.15, 0.2) is 48.7 Å². The second-order valence-electron chi connectivity index (χ2n) is 5.47. The van der Waals surface area contributed by atoms with Crippen LogP contribution in [0.5, 0.6) is 0 Å². The first-order valence-electron chi connectivity index (χ1n) is 7.75. The fraction of sp³-hybridized carbons (Fsp3) is 0.167. The third-order valence-electron chi connectivity index (χ3n) is 3.70. The molecule has 7 heteroatoms. The molecule has 25 heavy (non-hydrogen) atoms. The molecule has 0 atom stereocenters. The van der Waals surface area contributed by atoms with Crippen molar-refractivity contribution < 1.29 is 9.18 Å². The Bertz CT molecular complexity index is 878. The zero-order chi connectivity index (χ0) is 17.8. The van der Waals surface area contributed by atoms with Crippen LogP contribution in [0.25, 0.3) is 5.69 Å². The predicted octanol–water partition coefficient (Wildman–Crippen LogP) is 3.34. The molecule has 0 aliphatic carbocycles. The van der Waals surface area contributed by atoms with Crippen molar-refractivity contribution >= 4 is 17.5 Å². The molecule has 0 bridgehead atoms. The molecule has 1 amide bonds. The lowest BCUT2D eigenvalue weighted by molar-refractivity contribution is 0.0953. The van der Waals surface area contributed by atoms with Crippen LogP contribution < -0.4 is 5.32 Å². The quantitative estimate of drug-likeness (QED) is 0.761. The maximum absolute atomic E-state index is 13.1. The van der Waals surface area contributed by atoms with Gasteiger partial charge in [0, 0.05) is 24.9 Å². The van der Waals surface area contributed by atoms with Crippen molar-refractivity contribution in [3.63, 3.8) is 0 Å². The molecule has 1 N–H and O–H groups in total. The number of hydrogen-bond acceptors (Lipinski definition) is 3. The van der Waals surface area contributed by atoms with E-state index in [1.807, 2.05) is 18.2 Å². The van der Waals surface area contributed by atoms with E-state index in [0.29, 0.717) is 29.9 Å². The van der Waals surface area contributed by atoms with Crippen LogP contribution in [0.4, 0.5) is 4.39 Å². The van der Waals surface area contributed by atoms with Crippen molar-refractivity contribution in [3.8, 4) is 5.69 Å². The van der Waals surface area contributed by atoms with E-state index in [2.05, 4.69) is 15.4 Å². The van der Waals surface area contributed by atoms with Gasteiger partial charge in [-0.25, -0.2) is 9.07 Å². The Morgan fingerprint density at radius 3 is 2.68 bits per heavy atom. The maximum Gasteiger partial charge on any atom is 0.256 e. The average molecular weight is 359 g/mol. The van der Waals surface area contributed by atoms with Gasteiger partial charge in [0.05, 0.1) is 16.9 Å². The van der Waals surface area contributed by atoms with E-state index in [4.69, 9.17) is 11.6 Å². The molecule has 0 saturated heterocycles. The highest BCUT2D eigenvalue weighted by molar-refractivity contribution is 6.33. The number of nitrogens with zero attached hydrogens (tertiary/aromatic N) is 3. The van der Waals surface area contributed by atoms with E-state index in [0.717, 1.165) is 5.69 Å². The number of carbonyl (C=O) groups is 1. The number of aryl methyl sites for hydroxylation is 1. The molecule has 3 aromatic rings. The first-order chi connectivity index (χ1) is 12.1. The predicted molar refractivity (Wildman–Crippen MR) is 93.5 cm³/mol. The van der Waals surface area contributed by atoms with Crippen LogP contribution in [-0.4, -0.2) is 27.2 Å². The van der Waals surface area contributed by atoms with Gasteiger partial charge in [-0.2, -0.15) is 5.10 Å². The number of rotatable bonds is 5. The van der Waals surface area contributed by atoms with Crippen LogP contribution >= 0.6 is 11.6 Å². The van der Waals surface area contributed by atoms with Gasteiger partial charge < -0.3 is 5.32 Å². The van der Waals surface area contributed by atoms with Crippen LogP contribution in [0.1, 0.15) is 21.7 Å². The normalized spacial score (nSPS) is 10.7. The highest BCUT2D eigenvalue weighted by Gasteiger charge is 2.20. The highest BCUT2D eigenvalue weighted by atomic mass is 35.5. The first kappa shape index (κ1) is 17.1. The molecule has 1 aromatic carbocycles. The van der Waals surface area contributed by atoms with Crippen LogP contribution in [-0.2, 0) is 6.42 Å². The number of aromatic nitrogens is 3. The molecule has 0 radical (unpaired) electrons. The van der Waals surface area contributed by atoms with Crippen molar-refractivity contribution in [1.29, 1.82) is 0 Å². The van der Waals surface area contributed by atoms with Crippen molar-refractivity contribution in [3.05, 3.63) is 76.6 Å². The molecule has 0 unspecified atom stereocenters. The minimum atomic E-state index is -0.351. The van der Waals surface area contributed by atoms with E-state index in [-0.39, 0.29) is 16.9 Å². The molecule has 0 saturated carbocycles. The summed E-state index contributed by atoms with van der Waals surface area (Å²) < 4.78 is 14.5. The van der Waals surface area contributed by atoms with Crippen molar-refractivity contribution in [2.24, 2.45) is 0 Å². The van der Waals surface area contributed by atoms with E-state index in [1.54, 1.807) is 25.3 Å². The van der Waals surface area contributed by atoms with Gasteiger partial charge in [-0.3, -0.25) is 9.78 Å². The molecule has 128 valence electrons. The lowest BCUT2D eigenvalue weighted by Gasteiger charge is -2.06. The lowest BCUT2D eigenvalue weighted by Crippen LogP contribution is -2.26. The largest absolute Gasteiger partial charge is 0.351 e. The third kappa shape index (κ3) is 3.85. The Morgan fingerprint density at radius 2 is 2.00 bits per heavy atom. The van der Waals surface area contributed by atoms with Gasteiger partial charge in [0.2, 0.25) is 0 Å². The molecule has 0 spiro atoms. The Labute approximate surface area is 149 Å². The van der Waals surface area contributed by atoms with Crippen molar-refractivity contribution in [2.45, 2.75) is 13.3 Å². The summed E-state index contributed by atoms with van der Waals surface area (Å²) in [5, 5.41) is 7.31. The fourth-order valence-corrected chi connectivity index (χ4v) is 2.81. The van der Waals surface area contributed by atoms with Gasteiger partial charge in [-0.05, 0) is 43.3 Å². The molecule has 2 heterocycles. The second kappa shape index (κ2) is 7.44. The molecule has 5 nitrogen and oxygen atoms in total. The Hall–Kier alpha value is -2.73. The second-order valence-corrected chi connectivity index (χ2v) is 5.82. The summed E-state index contributed by atoms with van der Waals surface area (Å²) in [7, 11) is 0. The van der Waals surface area contributed by atoms with Crippen LogP contribution in [0.2, 0.25) is 5.15 Å². The maximum atomic E-state index is 13.1. The number of hydrogen-bond donors (Lipinski definition) is 1. The zero-order valence-corrected chi connectivity index (χ0v) is 14.3. The Kier molecular flexibility index (Phi) is 5.09. The monoisotopic (exact) mass is 358 g/mol. The number of nitrogens with one attached hydrogen (secondary N) is 1. The standard InChI is InChI=1S/C18H16ClFN4O/c1-12-16(18(25)22-11-9-14-4-2-3-10-21-14)17(19)24(23-12)15-7-5-13(20)6-8-15/h2-8,10H,9,11H2,1H3,(H,22,25). The number of halogens is 2. The van der Waals surface area contributed by atoms with E-state index in [9.17, 15) is 9.18 Å². The van der Waals surface area contributed by atoms with Gasteiger partial charge in [-0.15, -0.1) is 0 Å². The summed E-state index contributed by atoms with van der Waals surface area (Å²) in [5.41, 5.74) is 2.30. The van der Waals surface area contributed by atoms with Gasteiger partial charge in [0.25, 0.3) is 5.91 Å². The molecule has 0 aliphatic rings. The molecule has 0 fully saturated rings. The number of benzene rings is 1. The van der Waals surface area contributed by atoms with Crippen molar-refractivity contribution in [1.82, 2.24) is 20.1 Å². The van der Waals surface area contributed by atoms with E-state index >= 15 is 0 Å². The summed E-state index contributed by atoms with van der Waals surface area (Å²) in [4.78, 5) is 16.7. The van der Waals surface area contributed by atoms with Crippen molar-refractivity contribution in [2.75, 3.05) is 6.54 Å². The van der Waals surface area contributed by atoms with Gasteiger partial charge in [-0.1, -0.05) is 17.7 Å². The number of carbonyl (C=O) groups excluding carboxylic acids is 1. The smallest absolute Gasteiger partial charge is 0.256 e. The zero-order valence-electron chi connectivity index (χ0n) is 13.5. The minimum Gasteiger partial charge on any atom is -0.351 e. The van der Waals surface area contributed by atoms with E-state index < -0.39 is 0 Å². The van der Waals surface area contributed by atoms with Gasteiger partial charge in [0.15, 0.2) is 0 Å². The molecule has 2 aromatic heterocycles. The van der Waals surface area contributed by atoms with Gasteiger partial charge >= 0.3 is 0 Å². The SMILES string of the molecule is Cc1nn(-c2ccc(F)cc2)c(Cl)c1C(=O)NCCc1ccccn1. The lowest BCUT2D eigenvalue weighted by atomic mass is 10.2. The summed E-state index contributed by atoms with van der Waals surface area (Å²) in [5.74, 6) is -0.650. The van der Waals surface area contributed by atoms with E-state index in [1.165, 1.54) is 16.8 Å². The number of pyridine rings is 1. The highest BCUT2D eigenvalue weighted by Crippen LogP contribution is 2.23. The van der Waals surface area contributed by atoms with Crippen LogP contribution in [0, 0.1) is 12.7 Å². The minimum absolute atomic E-state index is 0.194. The fourth-order valence-electron chi connectivity index (χ4n) is 2.45. The Balaban J connectivity index is 1.73. The Morgan fingerprint density at radius 1 is 1.24 bits per heavy atom. The summed E-state index contributed by atoms with van der Waals surface area (Å²) in [6, 6.07) is 11.4. The van der Waals surface area contributed by atoms with Crippen LogP contribution in [0.3, 0.4) is 0 Å². The summed E-state index contributed by atoms with van der Waals surface area (Å²) in [6.07, 6.45) is 2.33. The summed E-state index contributed by atoms with van der Waals surface area (Å²) >= 11 is 6.33. The molecular weight excluding hydrogens is 343 g/mol. The molecule has 0 aliphatic heterocycles. The van der Waals surface area contributed by atoms with Gasteiger partial charge in [0.1, 0.15) is 11.0 Å². The first-order valence-corrected chi connectivity index (χ1v) is 8.13. The molecule has 3 rings (SSSR count). The summed E-state index contributed by atoms with van der Waals surface area (Å²) in [6.45, 7) is 2.15. The number of amides is 1. The average Bonchev–Trinajstić information content (AvgIpc) is 2.91. The molecular formula is C18H16ClFN4O. The topological polar surface area (TPSA) is 59.8 Å².